The summed E-state index contributed by atoms with van der Waals surface area (Å²) >= 11 is 11.5. The molecule has 10 heteroatoms. The Kier molecular flexibility index (Phi) is 7.01. The molecule has 0 radical (unpaired) electrons. The minimum atomic E-state index is -0.593. The topological polar surface area (TPSA) is 74.8 Å². The lowest BCUT2D eigenvalue weighted by Gasteiger charge is -2.34. The van der Waals surface area contributed by atoms with Crippen molar-refractivity contribution >= 4 is 41.0 Å². The number of anilines is 1. The molecule has 0 atom stereocenters. The molecule has 0 unspecified atom stereocenters. The summed E-state index contributed by atoms with van der Waals surface area (Å²) in [6.07, 6.45) is 4.70. The van der Waals surface area contributed by atoms with Gasteiger partial charge in [0.2, 0.25) is 0 Å². The number of aromatic nitrogens is 1. The average Bonchev–Trinajstić information content (AvgIpc) is 3.17. The normalized spacial score (nSPS) is 21.0. The van der Waals surface area contributed by atoms with Crippen LogP contribution in [0, 0.1) is 5.82 Å². The zero-order chi connectivity index (χ0) is 22.7. The first kappa shape index (κ1) is 22.6. The molecule has 2 fully saturated rings. The highest BCUT2D eigenvalue weighted by molar-refractivity contribution is 6.30. The standard InChI is InChI=1S/C22H23Cl2FN4O3/c23-14-1-8-20(26-12-14)29-10-9-28(22(29)31)16-4-2-15(3-5-16)27-21(30)13-32-17-6-7-18(24)19(25)11-17/h1,6-8,11-12,15-16H,2-5,9-10,13H2,(H,27,30). The first-order chi connectivity index (χ1) is 15.4. The highest BCUT2D eigenvalue weighted by Gasteiger charge is 2.37. The molecule has 2 aromatic rings. The van der Waals surface area contributed by atoms with Gasteiger partial charge >= 0.3 is 6.03 Å². The van der Waals surface area contributed by atoms with Crippen LogP contribution in [0.5, 0.6) is 5.75 Å². The van der Waals surface area contributed by atoms with E-state index in [2.05, 4.69) is 10.3 Å². The minimum absolute atomic E-state index is 0.00240. The highest BCUT2D eigenvalue weighted by atomic mass is 35.5. The number of amides is 3. The molecule has 1 N–H and O–H groups in total. The average molecular weight is 481 g/mol. The molecular formula is C22H23Cl2FN4O3. The van der Waals surface area contributed by atoms with Crippen LogP contribution in [0.4, 0.5) is 15.0 Å². The van der Waals surface area contributed by atoms with Gasteiger partial charge in [-0.25, -0.2) is 14.2 Å². The van der Waals surface area contributed by atoms with Crippen LogP contribution in [0.2, 0.25) is 10.0 Å². The highest BCUT2D eigenvalue weighted by Crippen LogP contribution is 2.28. The number of carbonyl (C=O) groups excluding carboxylic acids is 2. The monoisotopic (exact) mass is 480 g/mol. The molecule has 2 aliphatic rings. The van der Waals surface area contributed by atoms with Crippen LogP contribution < -0.4 is 15.0 Å². The minimum Gasteiger partial charge on any atom is -0.484 e. The van der Waals surface area contributed by atoms with Crippen molar-refractivity contribution in [2.45, 2.75) is 37.8 Å². The molecule has 32 heavy (non-hydrogen) atoms. The second-order valence-electron chi connectivity index (χ2n) is 7.90. The fourth-order valence-electron chi connectivity index (χ4n) is 4.15. The number of halogens is 3. The van der Waals surface area contributed by atoms with Gasteiger partial charge in [-0.2, -0.15) is 0 Å². The maximum Gasteiger partial charge on any atom is 0.326 e. The number of pyridine rings is 1. The number of ether oxygens (including phenoxy) is 1. The number of hydrogen-bond acceptors (Lipinski definition) is 4. The fraction of sp³-hybridized carbons (Fsp3) is 0.409. The molecular weight excluding hydrogens is 458 g/mol. The predicted molar refractivity (Wildman–Crippen MR) is 120 cm³/mol. The Bertz CT molecular complexity index is 984. The van der Waals surface area contributed by atoms with Gasteiger partial charge in [-0.15, -0.1) is 0 Å². The second kappa shape index (κ2) is 9.92. The maximum absolute atomic E-state index is 13.5. The summed E-state index contributed by atoms with van der Waals surface area (Å²) in [4.78, 5) is 32.9. The van der Waals surface area contributed by atoms with Crippen LogP contribution in [0.25, 0.3) is 0 Å². The zero-order valence-corrected chi connectivity index (χ0v) is 18.8. The number of urea groups is 1. The van der Waals surface area contributed by atoms with Crippen LogP contribution in [0.3, 0.4) is 0 Å². The van der Waals surface area contributed by atoms with E-state index in [1.54, 1.807) is 17.0 Å². The van der Waals surface area contributed by atoms with Gasteiger partial charge in [-0.05, 0) is 49.9 Å². The van der Waals surface area contributed by atoms with Gasteiger partial charge in [0.05, 0.1) is 10.0 Å². The summed E-state index contributed by atoms with van der Waals surface area (Å²) in [5.41, 5.74) is 0. The van der Waals surface area contributed by atoms with Crippen molar-refractivity contribution in [3.8, 4) is 5.75 Å². The van der Waals surface area contributed by atoms with Gasteiger partial charge in [-0.3, -0.25) is 9.69 Å². The van der Waals surface area contributed by atoms with E-state index in [-0.39, 0.29) is 41.4 Å². The van der Waals surface area contributed by atoms with Crippen LogP contribution in [0.1, 0.15) is 25.7 Å². The molecule has 1 saturated heterocycles. The van der Waals surface area contributed by atoms with Gasteiger partial charge in [0.15, 0.2) is 6.61 Å². The Morgan fingerprint density at radius 3 is 2.62 bits per heavy atom. The van der Waals surface area contributed by atoms with Gasteiger partial charge in [0.1, 0.15) is 17.4 Å². The molecule has 170 valence electrons. The van der Waals surface area contributed by atoms with Gasteiger partial charge in [-0.1, -0.05) is 23.2 Å². The Morgan fingerprint density at radius 1 is 1.16 bits per heavy atom. The number of benzene rings is 1. The lowest BCUT2D eigenvalue weighted by molar-refractivity contribution is -0.124. The van der Waals surface area contributed by atoms with E-state index in [0.717, 1.165) is 31.7 Å². The van der Waals surface area contributed by atoms with Crippen molar-refractivity contribution in [1.29, 1.82) is 0 Å². The van der Waals surface area contributed by atoms with Crippen LogP contribution >= 0.6 is 23.2 Å². The van der Waals surface area contributed by atoms with Crippen molar-refractivity contribution in [2.75, 3.05) is 24.6 Å². The molecule has 0 bridgehead atoms. The molecule has 1 aromatic heterocycles. The van der Waals surface area contributed by atoms with E-state index in [0.29, 0.717) is 23.9 Å². The van der Waals surface area contributed by atoms with E-state index < -0.39 is 5.82 Å². The number of hydrogen-bond donors (Lipinski definition) is 1. The van der Waals surface area contributed by atoms with Crippen molar-refractivity contribution < 1.29 is 18.7 Å². The molecule has 1 saturated carbocycles. The Hall–Kier alpha value is -2.58. The Labute approximate surface area is 195 Å². The molecule has 3 amide bonds. The van der Waals surface area contributed by atoms with Crippen LogP contribution in [-0.2, 0) is 4.79 Å². The lowest BCUT2D eigenvalue weighted by Crippen LogP contribution is -2.46. The summed E-state index contributed by atoms with van der Waals surface area (Å²) in [5.74, 6) is -0.00716. The molecule has 1 aromatic carbocycles. The number of nitrogens with zero attached hydrogens (tertiary/aromatic N) is 3. The summed E-state index contributed by atoms with van der Waals surface area (Å²) < 4.78 is 18.8. The number of carbonyl (C=O) groups is 2. The van der Waals surface area contributed by atoms with Crippen molar-refractivity contribution in [3.05, 3.63) is 52.4 Å². The van der Waals surface area contributed by atoms with Crippen LogP contribution in [-0.4, -0.2) is 53.6 Å². The number of rotatable bonds is 6. The largest absolute Gasteiger partial charge is 0.484 e. The SMILES string of the molecule is O=C(COc1ccc(Cl)c(F)c1)NC1CCC(N2CCN(c3ccc(Cl)cn3)C2=O)CC1. The van der Waals surface area contributed by atoms with E-state index in [9.17, 15) is 14.0 Å². The summed E-state index contributed by atoms with van der Waals surface area (Å²) in [6, 6.07) is 7.64. The molecule has 2 heterocycles. The lowest BCUT2D eigenvalue weighted by atomic mass is 9.90. The molecule has 1 aliphatic carbocycles. The molecule has 1 aliphatic heterocycles. The van der Waals surface area contributed by atoms with E-state index in [1.807, 2.05) is 4.90 Å². The molecule has 0 spiro atoms. The fourth-order valence-corrected chi connectivity index (χ4v) is 4.38. The zero-order valence-electron chi connectivity index (χ0n) is 17.3. The smallest absolute Gasteiger partial charge is 0.326 e. The second-order valence-corrected chi connectivity index (χ2v) is 8.74. The first-order valence-electron chi connectivity index (χ1n) is 10.5. The molecule has 7 nitrogen and oxygen atoms in total. The Balaban J connectivity index is 1.22. The maximum atomic E-state index is 13.5. The van der Waals surface area contributed by atoms with Crippen molar-refractivity contribution in [1.82, 2.24) is 15.2 Å². The molecule has 4 rings (SSSR count). The van der Waals surface area contributed by atoms with Crippen LogP contribution in [0.15, 0.2) is 36.5 Å². The van der Waals surface area contributed by atoms with E-state index in [4.69, 9.17) is 27.9 Å². The van der Waals surface area contributed by atoms with Gasteiger partial charge < -0.3 is 15.0 Å². The van der Waals surface area contributed by atoms with Crippen molar-refractivity contribution in [3.63, 3.8) is 0 Å². The summed E-state index contributed by atoms with van der Waals surface area (Å²) in [5, 5.41) is 3.49. The van der Waals surface area contributed by atoms with E-state index in [1.165, 1.54) is 18.3 Å². The third-order valence-electron chi connectivity index (χ3n) is 5.79. The van der Waals surface area contributed by atoms with Gasteiger partial charge in [0, 0.05) is 37.4 Å². The third-order valence-corrected chi connectivity index (χ3v) is 6.32. The van der Waals surface area contributed by atoms with Crippen molar-refractivity contribution in [2.24, 2.45) is 0 Å². The first-order valence-corrected chi connectivity index (χ1v) is 11.2. The quantitative estimate of drug-likeness (QED) is 0.669. The Morgan fingerprint density at radius 2 is 1.94 bits per heavy atom. The van der Waals surface area contributed by atoms with Gasteiger partial charge in [0.25, 0.3) is 5.91 Å². The summed E-state index contributed by atoms with van der Waals surface area (Å²) in [7, 11) is 0. The predicted octanol–water partition coefficient (Wildman–Crippen LogP) is 4.28. The summed E-state index contributed by atoms with van der Waals surface area (Å²) in [6.45, 7) is 1.04. The number of nitrogens with one attached hydrogen (secondary N) is 1. The third kappa shape index (κ3) is 5.24. The van der Waals surface area contributed by atoms with E-state index >= 15 is 0 Å².